The second kappa shape index (κ2) is 10.1. The molecule has 2 heterocycles. The number of methoxy groups -OCH3 is 2. The number of carbonyl (C=O) groups is 1. The molecule has 0 amide bonds. The third kappa shape index (κ3) is 4.72. The molecule has 2 aliphatic heterocycles. The number of ketones is 1. The SMILES string of the molecule is COc1ccc(/C=C2\Oc3c(CN4CCN(c5ccccc5F)CC4)c(O)cc(C)c3C2=O)c(OC)c1. The zero-order valence-electron chi connectivity index (χ0n) is 21.1. The molecule has 0 atom stereocenters. The largest absolute Gasteiger partial charge is 0.507 e. The average molecular weight is 505 g/mol. The molecule has 7 nitrogen and oxygen atoms in total. The minimum atomic E-state index is -0.240. The van der Waals surface area contributed by atoms with Crippen LogP contribution in [0.1, 0.15) is 27.0 Å². The van der Waals surface area contributed by atoms with Crippen molar-refractivity contribution in [3.63, 3.8) is 0 Å². The summed E-state index contributed by atoms with van der Waals surface area (Å²) < 4.78 is 31.0. The van der Waals surface area contributed by atoms with Crippen molar-refractivity contribution >= 4 is 17.5 Å². The Morgan fingerprint density at radius 1 is 1.05 bits per heavy atom. The maximum absolute atomic E-state index is 14.2. The minimum Gasteiger partial charge on any atom is -0.507 e. The molecule has 0 saturated carbocycles. The van der Waals surface area contributed by atoms with Crippen molar-refractivity contribution in [3.05, 3.63) is 82.4 Å². The number of rotatable bonds is 6. The summed E-state index contributed by atoms with van der Waals surface area (Å²) in [5, 5.41) is 10.8. The summed E-state index contributed by atoms with van der Waals surface area (Å²) in [5.74, 6) is 1.35. The highest BCUT2D eigenvalue weighted by molar-refractivity contribution is 6.16. The number of fused-ring (bicyclic) bond motifs is 1. The summed E-state index contributed by atoms with van der Waals surface area (Å²) in [4.78, 5) is 17.5. The van der Waals surface area contributed by atoms with Gasteiger partial charge in [0.25, 0.3) is 0 Å². The first-order chi connectivity index (χ1) is 17.9. The van der Waals surface area contributed by atoms with Crippen molar-refractivity contribution in [2.45, 2.75) is 13.5 Å². The molecule has 0 unspecified atom stereocenters. The van der Waals surface area contributed by atoms with E-state index in [9.17, 15) is 14.3 Å². The van der Waals surface area contributed by atoms with Crippen LogP contribution in [0.4, 0.5) is 10.1 Å². The van der Waals surface area contributed by atoms with E-state index in [2.05, 4.69) is 4.90 Å². The van der Waals surface area contributed by atoms with Gasteiger partial charge in [-0.25, -0.2) is 4.39 Å². The molecule has 0 spiro atoms. The first kappa shape index (κ1) is 24.6. The van der Waals surface area contributed by atoms with Gasteiger partial charge >= 0.3 is 0 Å². The second-order valence-electron chi connectivity index (χ2n) is 9.16. The van der Waals surface area contributed by atoms with E-state index >= 15 is 0 Å². The number of carbonyl (C=O) groups excluding carboxylic acids is 1. The Morgan fingerprint density at radius 2 is 1.81 bits per heavy atom. The highest BCUT2D eigenvalue weighted by Gasteiger charge is 2.34. The van der Waals surface area contributed by atoms with Gasteiger partial charge in [-0.15, -0.1) is 0 Å². The molecule has 0 bridgehead atoms. The fraction of sp³-hybridized carbons (Fsp3) is 0.276. The number of hydrogen-bond acceptors (Lipinski definition) is 7. The fourth-order valence-electron chi connectivity index (χ4n) is 4.89. The summed E-state index contributed by atoms with van der Waals surface area (Å²) in [6, 6.07) is 13.7. The number of aromatic hydroxyl groups is 1. The molecular weight excluding hydrogens is 475 g/mol. The zero-order valence-corrected chi connectivity index (χ0v) is 21.1. The van der Waals surface area contributed by atoms with Crippen molar-refractivity contribution in [2.75, 3.05) is 45.3 Å². The molecule has 0 aliphatic carbocycles. The molecule has 3 aromatic rings. The van der Waals surface area contributed by atoms with Crippen LogP contribution in [0.5, 0.6) is 23.0 Å². The Hall–Kier alpha value is -4.04. The van der Waals surface area contributed by atoms with Crippen molar-refractivity contribution in [1.29, 1.82) is 0 Å². The van der Waals surface area contributed by atoms with Crippen LogP contribution >= 0.6 is 0 Å². The summed E-state index contributed by atoms with van der Waals surface area (Å²) >= 11 is 0. The van der Waals surface area contributed by atoms with Gasteiger partial charge in [-0.2, -0.15) is 0 Å². The summed E-state index contributed by atoms with van der Waals surface area (Å²) in [7, 11) is 3.12. The van der Waals surface area contributed by atoms with Gasteiger partial charge in [-0.05, 0) is 48.9 Å². The number of halogens is 1. The van der Waals surface area contributed by atoms with Crippen LogP contribution in [-0.4, -0.2) is 56.2 Å². The number of ether oxygens (including phenoxy) is 3. The first-order valence-electron chi connectivity index (χ1n) is 12.1. The molecule has 5 rings (SSSR count). The average Bonchev–Trinajstić information content (AvgIpc) is 3.23. The topological polar surface area (TPSA) is 71.5 Å². The van der Waals surface area contributed by atoms with E-state index in [0.29, 0.717) is 77.9 Å². The number of phenols is 1. The maximum Gasteiger partial charge on any atom is 0.232 e. The summed E-state index contributed by atoms with van der Waals surface area (Å²) in [6.45, 7) is 4.85. The first-order valence-corrected chi connectivity index (χ1v) is 12.1. The Balaban J connectivity index is 1.38. The molecule has 1 N–H and O–H groups in total. The minimum absolute atomic E-state index is 0.0869. The van der Waals surface area contributed by atoms with Crippen LogP contribution in [0.2, 0.25) is 0 Å². The van der Waals surface area contributed by atoms with Crippen LogP contribution in [0.3, 0.4) is 0 Å². The molecule has 1 saturated heterocycles. The molecule has 192 valence electrons. The smallest absolute Gasteiger partial charge is 0.232 e. The second-order valence-corrected chi connectivity index (χ2v) is 9.16. The summed E-state index contributed by atoms with van der Waals surface area (Å²) in [6.07, 6.45) is 1.65. The quantitative estimate of drug-likeness (QED) is 0.484. The number of phenolic OH excluding ortho intramolecular Hbond substituents is 1. The van der Waals surface area contributed by atoms with Crippen LogP contribution < -0.4 is 19.1 Å². The van der Waals surface area contributed by atoms with Gasteiger partial charge in [0.05, 0.1) is 31.0 Å². The predicted octanol–water partition coefficient (Wildman–Crippen LogP) is 4.80. The van der Waals surface area contributed by atoms with Gasteiger partial charge in [-0.3, -0.25) is 9.69 Å². The fourth-order valence-corrected chi connectivity index (χ4v) is 4.89. The van der Waals surface area contributed by atoms with Crippen LogP contribution in [-0.2, 0) is 6.54 Å². The van der Waals surface area contributed by atoms with Crippen molar-refractivity contribution in [1.82, 2.24) is 4.90 Å². The molecule has 37 heavy (non-hydrogen) atoms. The molecule has 2 aliphatic rings. The number of hydrogen-bond donors (Lipinski definition) is 1. The third-order valence-electron chi connectivity index (χ3n) is 6.90. The van der Waals surface area contributed by atoms with E-state index in [1.807, 2.05) is 11.0 Å². The van der Waals surface area contributed by atoms with E-state index in [1.165, 1.54) is 6.07 Å². The maximum atomic E-state index is 14.2. The number of piperazine rings is 1. The van der Waals surface area contributed by atoms with Gasteiger partial charge in [0.2, 0.25) is 5.78 Å². The Morgan fingerprint density at radius 3 is 2.51 bits per heavy atom. The molecule has 8 heteroatoms. The Bertz CT molecular complexity index is 1380. The molecule has 3 aromatic carbocycles. The lowest BCUT2D eigenvalue weighted by molar-refractivity contribution is 0.101. The lowest BCUT2D eigenvalue weighted by atomic mass is 9.99. The molecular formula is C29H29FN2O5. The van der Waals surface area contributed by atoms with E-state index < -0.39 is 0 Å². The van der Waals surface area contributed by atoms with Gasteiger partial charge in [0.1, 0.15) is 28.8 Å². The lowest BCUT2D eigenvalue weighted by Crippen LogP contribution is -2.46. The predicted molar refractivity (Wildman–Crippen MR) is 139 cm³/mol. The lowest BCUT2D eigenvalue weighted by Gasteiger charge is -2.36. The van der Waals surface area contributed by atoms with Gasteiger partial charge in [0, 0.05) is 44.4 Å². The number of anilines is 1. The number of benzene rings is 3. The molecule has 0 aromatic heterocycles. The van der Waals surface area contributed by atoms with E-state index in [4.69, 9.17) is 14.2 Å². The highest BCUT2D eigenvalue weighted by atomic mass is 19.1. The van der Waals surface area contributed by atoms with Crippen molar-refractivity contribution in [3.8, 4) is 23.0 Å². The third-order valence-corrected chi connectivity index (χ3v) is 6.90. The molecule has 1 fully saturated rings. The van der Waals surface area contributed by atoms with E-state index in [1.54, 1.807) is 63.6 Å². The number of nitrogens with zero attached hydrogens (tertiary/aromatic N) is 2. The normalized spacial score (nSPS) is 16.6. The Labute approximate surface area is 215 Å². The number of aryl methyl sites for hydroxylation is 1. The standard InChI is InChI=1S/C29H29FN2O5/c1-18-14-24(33)21(17-31-10-12-32(13-11-31)23-7-5-4-6-22(23)30)29-27(18)28(34)26(37-29)15-19-8-9-20(35-2)16-25(19)36-3/h4-9,14-16,33H,10-13,17H2,1-3H3/b26-15-. The Kier molecular flexibility index (Phi) is 6.76. The highest BCUT2D eigenvalue weighted by Crippen LogP contribution is 2.43. The van der Waals surface area contributed by atoms with E-state index in [-0.39, 0.29) is 23.1 Å². The molecule has 0 radical (unpaired) electrons. The number of para-hydroxylation sites is 1. The van der Waals surface area contributed by atoms with Crippen LogP contribution in [0.15, 0.2) is 54.3 Å². The zero-order chi connectivity index (χ0) is 26.1. The summed E-state index contributed by atoms with van der Waals surface area (Å²) in [5.41, 5.74) is 2.94. The van der Waals surface area contributed by atoms with Gasteiger partial charge in [-0.1, -0.05) is 12.1 Å². The van der Waals surface area contributed by atoms with Gasteiger partial charge < -0.3 is 24.2 Å². The van der Waals surface area contributed by atoms with Crippen molar-refractivity contribution in [2.24, 2.45) is 0 Å². The monoisotopic (exact) mass is 504 g/mol. The number of Topliss-reactive ketones (excluding diaryl/α,β-unsaturated/α-hetero) is 1. The van der Waals surface area contributed by atoms with Gasteiger partial charge in [0.15, 0.2) is 5.76 Å². The van der Waals surface area contributed by atoms with E-state index in [0.717, 1.165) is 0 Å². The number of allylic oxidation sites excluding steroid dienone is 1. The van der Waals surface area contributed by atoms with Crippen LogP contribution in [0.25, 0.3) is 6.08 Å². The van der Waals surface area contributed by atoms with Crippen LogP contribution in [0, 0.1) is 12.7 Å². The van der Waals surface area contributed by atoms with Crippen molar-refractivity contribution < 1.29 is 28.5 Å².